The van der Waals surface area contributed by atoms with E-state index < -0.39 is 34.2 Å². The fourth-order valence-electron chi connectivity index (χ4n) is 4.48. The molecule has 4 nitrogen and oxygen atoms in total. The minimum absolute atomic E-state index is 0.176. The normalized spacial score (nSPS) is 22.7. The van der Waals surface area contributed by atoms with Crippen LogP contribution in [0.3, 0.4) is 0 Å². The summed E-state index contributed by atoms with van der Waals surface area (Å²) in [5.74, 6) is -0.913. The minimum atomic E-state index is -4.47. The lowest BCUT2D eigenvalue weighted by Gasteiger charge is -2.48. The van der Waals surface area contributed by atoms with Gasteiger partial charge < -0.3 is 10.1 Å². The molecule has 1 spiro atoms. The Morgan fingerprint density at radius 1 is 0.968 bits per heavy atom. The topological polar surface area (TPSA) is 55.4 Å². The average Bonchev–Trinajstić information content (AvgIpc) is 2.77. The lowest BCUT2D eigenvalue weighted by atomic mass is 9.83. The van der Waals surface area contributed by atoms with Crippen LogP contribution in [0.25, 0.3) is 5.76 Å². The number of thioether (sulfide) groups is 1. The van der Waals surface area contributed by atoms with E-state index in [0.29, 0.717) is 48.4 Å². The molecule has 0 amide bonds. The second-order valence-electron chi connectivity index (χ2n) is 7.90. The maximum Gasteiger partial charge on any atom is 0.416 e. The van der Waals surface area contributed by atoms with Crippen LogP contribution in [0.2, 0.25) is 0 Å². The van der Waals surface area contributed by atoms with Crippen molar-refractivity contribution in [2.75, 3.05) is 13.1 Å². The zero-order valence-corrected chi connectivity index (χ0v) is 17.1. The fraction of sp³-hybridized carbons (Fsp3) is 0.304. The van der Waals surface area contributed by atoms with E-state index in [2.05, 4.69) is 5.32 Å². The standard InChI is InChI=1S/C23H18F3NO3S/c24-23(25,26)14-5-3-4-13(12-14)21-22(8-10-27-11-9-22)30-19-16-7-2-1-6-15(16)17(28)18(29)20(19)31-21/h1-7,12,21,27H,8-11H2. The highest BCUT2D eigenvalue weighted by molar-refractivity contribution is 8.04. The first-order chi connectivity index (χ1) is 14.8. The van der Waals surface area contributed by atoms with E-state index in [4.69, 9.17) is 4.74 Å². The van der Waals surface area contributed by atoms with Crippen molar-refractivity contribution in [3.8, 4) is 0 Å². The van der Waals surface area contributed by atoms with Gasteiger partial charge in [-0.1, -0.05) is 42.5 Å². The molecule has 1 fully saturated rings. The molecule has 5 rings (SSSR count). The van der Waals surface area contributed by atoms with Crippen LogP contribution >= 0.6 is 11.8 Å². The van der Waals surface area contributed by atoms with Gasteiger partial charge in [0.25, 0.3) is 0 Å². The van der Waals surface area contributed by atoms with E-state index in [0.717, 1.165) is 23.9 Å². The van der Waals surface area contributed by atoms with Crippen LogP contribution in [-0.4, -0.2) is 30.3 Å². The van der Waals surface area contributed by atoms with Gasteiger partial charge in [0.2, 0.25) is 11.6 Å². The summed E-state index contributed by atoms with van der Waals surface area (Å²) in [6, 6.07) is 12.0. The molecule has 2 aliphatic heterocycles. The van der Waals surface area contributed by atoms with Crippen molar-refractivity contribution in [1.82, 2.24) is 5.32 Å². The first-order valence-corrected chi connectivity index (χ1v) is 10.8. The van der Waals surface area contributed by atoms with Crippen molar-refractivity contribution in [2.24, 2.45) is 0 Å². The summed E-state index contributed by atoms with van der Waals surface area (Å²) in [5.41, 5.74) is -0.228. The SMILES string of the molecule is O=C1C(=O)c2ccccc2C2=C1SC(c1cccc(C(F)(F)F)c1)C1(CCNCC1)O2. The average molecular weight is 445 g/mol. The zero-order chi connectivity index (χ0) is 21.8. The number of halogens is 3. The number of ketones is 2. The summed E-state index contributed by atoms with van der Waals surface area (Å²) in [7, 11) is 0. The van der Waals surface area contributed by atoms with E-state index in [-0.39, 0.29) is 4.91 Å². The molecule has 1 aliphatic carbocycles. The predicted molar refractivity (Wildman–Crippen MR) is 110 cm³/mol. The summed E-state index contributed by atoms with van der Waals surface area (Å²) in [6.45, 7) is 1.29. The van der Waals surface area contributed by atoms with Crippen molar-refractivity contribution in [1.29, 1.82) is 0 Å². The van der Waals surface area contributed by atoms with Gasteiger partial charge in [-0.25, -0.2) is 0 Å². The highest BCUT2D eigenvalue weighted by Gasteiger charge is 2.51. The van der Waals surface area contributed by atoms with Crippen LogP contribution in [0, 0.1) is 0 Å². The van der Waals surface area contributed by atoms with Gasteiger partial charge in [-0.2, -0.15) is 13.2 Å². The third-order valence-electron chi connectivity index (χ3n) is 6.02. The smallest absolute Gasteiger partial charge is 0.416 e. The van der Waals surface area contributed by atoms with E-state index in [1.807, 2.05) is 0 Å². The van der Waals surface area contributed by atoms with Crippen LogP contribution in [0.1, 0.15) is 45.1 Å². The second kappa shape index (κ2) is 7.24. The van der Waals surface area contributed by atoms with E-state index >= 15 is 0 Å². The number of piperidine rings is 1. The Kier molecular flexibility index (Phi) is 4.75. The number of hydrogen-bond acceptors (Lipinski definition) is 5. The number of nitrogens with one attached hydrogen (secondary N) is 1. The van der Waals surface area contributed by atoms with E-state index in [1.165, 1.54) is 6.07 Å². The van der Waals surface area contributed by atoms with Crippen LogP contribution in [0.4, 0.5) is 13.2 Å². The molecule has 31 heavy (non-hydrogen) atoms. The number of carbonyl (C=O) groups is 2. The lowest BCUT2D eigenvalue weighted by Crippen LogP contribution is -2.49. The number of rotatable bonds is 1. The van der Waals surface area contributed by atoms with Gasteiger partial charge in [-0.15, -0.1) is 11.8 Å². The number of fused-ring (bicyclic) bond motifs is 2. The van der Waals surface area contributed by atoms with Gasteiger partial charge in [-0.05, 0) is 24.7 Å². The third kappa shape index (κ3) is 3.29. The largest absolute Gasteiger partial charge is 0.484 e. The van der Waals surface area contributed by atoms with Crippen molar-refractivity contribution in [3.63, 3.8) is 0 Å². The summed E-state index contributed by atoms with van der Waals surface area (Å²) in [5, 5.41) is 2.72. The molecule has 2 aromatic carbocycles. The first-order valence-electron chi connectivity index (χ1n) is 9.96. The van der Waals surface area contributed by atoms with Gasteiger partial charge in [0.15, 0.2) is 0 Å². The molecule has 1 unspecified atom stereocenters. The number of Topliss-reactive ketones (excluding diaryl/α,β-unsaturated/α-hetero) is 2. The molecule has 0 aromatic heterocycles. The Labute approximate surface area is 180 Å². The van der Waals surface area contributed by atoms with Crippen molar-refractivity contribution >= 4 is 29.1 Å². The van der Waals surface area contributed by atoms with E-state index in [1.54, 1.807) is 30.3 Å². The highest BCUT2D eigenvalue weighted by atomic mass is 32.2. The summed E-state index contributed by atoms with van der Waals surface area (Å²) in [4.78, 5) is 25.7. The lowest BCUT2D eigenvalue weighted by molar-refractivity contribution is -0.137. The van der Waals surface area contributed by atoms with Gasteiger partial charge in [0.05, 0.1) is 10.8 Å². The fourth-order valence-corrected chi connectivity index (χ4v) is 5.96. The molecular formula is C23H18F3NO3S. The molecule has 0 bridgehead atoms. The Balaban J connectivity index is 1.66. The van der Waals surface area contributed by atoms with Gasteiger partial charge in [-0.3, -0.25) is 9.59 Å². The maximum absolute atomic E-state index is 13.4. The monoisotopic (exact) mass is 445 g/mol. The Hall–Kier alpha value is -2.58. The molecule has 0 radical (unpaired) electrons. The van der Waals surface area contributed by atoms with Crippen LogP contribution < -0.4 is 5.32 Å². The number of allylic oxidation sites excluding steroid dienone is 1. The molecule has 1 atom stereocenters. The summed E-state index contributed by atoms with van der Waals surface area (Å²) < 4.78 is 46.6. The van der Waals surface area contributed by atoms with Crippen LogP contribution in [0.5, 0.6) is 0 Å². The molecule has 0 saturated carbocycles. The molecule has 2 heterocycles. The van der Waals surface area contributed by atoms with Crippen LogP contribution in [0.15, 0.2) is 53.4 Å². The Morgan fingerprint density at radius 2 is 1.68 bits per heavy atom. The van der Waals surface area contributed by atoms with Gasteiger partial charge in [0.1, 0.15) is 16.3 Å². The van der Waals surface area contributed by atoms with Crippen molar-refractivity contribution in [2.45, 2.75) is 29.9 Å². The van der Waals surface area contributed by atoms with Crippen LogP contribution in [-0.2, 0) is 15.7 Å². The zero-order valence-electron chi connectivity index (χ0n) is 16.3. The number of hydrogen-bond donors (Lipinski definition) is 1. The third-order valence-corrected chi connectivity index (χ3v) is 7.56. The number of alkyl halides is 3. The molecule has 1 saturated heterocycles. The Morgan fingerprint density at radius 3 is 2.39 bits per heavy atom. The molecule has 1 N–H and O–H groups in total. The number of ether oxygens (including phenoxy) is 1. The number of carbonyl (C=O) groups excluding carboxylic acids is 2. The first kappa shape index (κ1) is 20.3. The molecular weight excluding hydrogens is 427 g/mol. The van der Waals surface area contributed by atoms with Crippen molar-refractivity contribution < 1.29 is 27.5 Å². The van der Waals surface area contributed by atoms with E-state index in [9.17, 15) is 22.8 Å². The van der Waals surface area contributed by atoms with Crippen molar-refractivity contribution in [3.05, 3.63) is 75.7 Å². The van der Waals surface area contributed by atoms with Gasteiger partial charge >= 0.3 is 6.18 Å². The summed E-state index contributed by atoms with van der Waals surface area (Å²) in [6.07, 6.45) is -3.33. The summed E-state index contributed by atoms with van der Waals surface area (Å²) >= 11 is 1.16. The molecule has 2 aromatic rings. The molecule has 8 heteroatoms. The number of benzene rings is 2. The minimum Gasteiger partial charge on any atom is -0.484 e. The predicted octanol–water partition coefficient (Wildman–Crippen LogP) is 4.77. The second-order valence-corrected chi connectivity index (χ2v) is 9.02. The highest BCUT2D eigenvalue weighted by Crippen LogP contribution is 2.57. The Bertz CT molecular complexity index is 1120. The van der Waals surface area contributed by atoms with Gasteiger partial charge in [0, 0.05) is 24.0 Å². The quantitative estimate of drug-likeness (QED) is 0.641. The maximum atomic E-state index is 13.4. The molecule has 160 valence electrons. The molecule has 3 aliphatic rings.